The molecule has 7 heteroatoms. The van der Waals surface area contributed by atoms with Gasteiger partial charge < -0.3 is 15.0 Å². The zero-order valence-corrected chi connectivity index (χ0v) is 14.9. The van der Waals surface area contributed by atoms with Gasteiger partial charge in [0.1, 0.15) is 0 Å². The van der Waals surface area contributed by atoms with Crippen molar-refractivity contribution in [3.63, 3.8) is 0 Å². The topological polar surface area (TPSA) is 67.3 Å². The quantitative estimate of drug-likeness (QED) is 0.887. The van der Waals surface area contributed by atoms with Crippen molar-refractivity contribution >= 4 is 23.3 Å². The Labute approximate surface area is 152 Å². The molecule has 2 heterocycles. The average molecular weight is 361 g/mol. The molecule has 1 aromatic carbocycles. The van der Waals surface area contributed by atoms with Gasteiger partial charge in [-0.15, -0.1) is 10.2 Å². The largest absolute Gasteiger partial charge is 0.480 e. The first-order valence-corrected chi connectivity index (χ1v) is 8.68. The number of benzene rings is 1. The Morgan fingerprint density at radius 2 is 2.08 bits per heavy atom. The van der Waals surface area contributed by atoms with Gasteiger partial charge in [0.15, 0.2) is 5.82 Å². The standard InChI is InChI=1S/C18H21ClN4O2/c1-25-17-9-8-16(21-22-17)23-10-2-3-14(12-23)18(24)20-11-13-4-6-15(19)7-5-13/h4-9,14H,2-3,10-12H2,1H3,(H,20,24)/t14-/m0/s1. The van der Waals surface area contributed by atoms with Gasteiger partial charge in [-0.3, -0.25) is 4.79 Å². The molecule has 0 unspecified atom stereocenters. The molecule has 132 valence electrons. The van der Waals surface area contributed by atoms with Crippen LogP contribution in [0.4, 0.5) is 5.82 Å². The van der Waals surface area contributed by atoms with Gasteiger partial charge in [0, 0.05) is 30.7 Å². The molecule has 1 aromatic heterocycles. The highest BCUT2D eigenvalue weighted by Gasteiger charge is 2.26. The number of rotatable bonds is 5. The fraction of sp³-hybridized carbons (Fsp3) is 0.389. The molecule has 2 aromatic rings. The minimum absolute atomic E-state index is 0.0510. The van der Waals surface area contributed by atoms with Gasteiger partial charge in [-0.25, -0.2) is 0 Å². The molecule has 1 aliphatic rings. The van der Waals surface area contributed by atoms with E-state index >= 15 is 0 Å². The van der Waals surface area contributed by atoms with E-state index in [1.807, 2.05) is 30.3 Å². The summed E-state index contributed by atoms with van der Waals surface area (Å²) >= 11 is 5.88. The molecular formula is C18H21ClN4O2. The molecule has 6 nitrogen and oxygen atoms in total. The predicted molar refractivity (Wildman–Crippen MR) is 96.8 cm³/mol. The van der Waals surface area contributed by atoms with Crippen LogP contribution in [0.25, 0.3) is 0 Å². The normalized spacial score (nSPS) is 17.2. The summed E-state index contributed by atoms with van der Waals surface area (Å²) in [6.07, 6.45) is 1.83. The average Bonchev–Trinajstić information content (AvgIpc) is 2.67. The number of aromatic nitrogens is 2. The lowest BCUT2D eigenvalue weighted by Gasteiger charge is -2.32. The summed E-state index contributed by atoms with van der Waals surface area (Å²) in [4.78, 5) is 14.6. The van der Waals surface area contributed by atoms with Crippen molar-refractivity contribution in [1.29, 1.82) is 0 Å². The molecule has 0 spiro atoms. The number of ether oxygens (including phenoxy) is 1. The third-order valence-corrected chi connectivity index (χ3v) is 4.58. The van der Waals surface area contributed by atoms with E-state index < -0.39 is 0 Å². The smallest absolute Gasteiger partial charge is 0.233 e. The lowest BCUT2D eigenvalue weighted by atomic mass is 9.97. The molecule has 1 fully saturated rings. The van der Waals surface area contributed by atoms with E-state index in [4.69, 9.17) is 16.3 Å². The molecule has 1 N–H and O–H groups in total. The van der Waals surface area contributed by atoms with E-state index in [-0.39, 0.29) is 11.8 Å². The molecule has 25 heavy (non-hydrogen) atoms. The van der Waals surface area contributed by atoms with E-state index in [0.717, 1.165) is 30.8 Å². The van der Waals surface area contributed by atoms with Crippen molar-refractivity contribution in [2.24, 2.45) is 5.92 Å². The first-order valence-electron chi connectivity index (χ1n) is 8.30. The molecule has 1 saturated heterocycles. The number of piperidine rings is 1. The molecule has 1 aliphatic heterocycles. The Bertz CT molecular complexity index is 706. The van der Waals surface area contributed by atoms with E-state index in [0.29, 0.717) is 24.0 Å². The van der Waals surface area contributed by atoms with Gasteiger partial charge >= 0.3 is 0 Å². The summed E-state index contributed by atoms with van der Waals surface area (Å²) in [5, 5.41) is 11.9. The SMILES string of the molecule is COc1ccc(N2CCC[C@H](C(=O)NCc3ccc(Cl)cc3)C2)nn1. The third-order valence-electron chi connectivity index (χ3n) is 4.33. The summed E-state index contributed by atoms with van der Waals surface area (Å²) < 4.78 is 5.03. The summed E-state index contributed by atoms with van der Waals surface area (Å²) in [5.74, 6) is 1.28. The monoisotopic (exact) mass is 360 g/mol. The Kier molecular flexibility index (Phi) is 5.71. The number of amides is 1. The minimum Gasteiger partial charge on any atom is -0.480 e. The number of hydrogen-bond acceptors (Lipinski definition) is 5. The van der Waals surface area contributed by atoms with Crippen LogP contribution in [0, 0.1) is 5.92 Å². The number of anilines is 1. The number of carbonyl (C=O) groups excluding carboxylic acids is 1. The fourth-order valence-electron chi connectivity index (χ4n) is 2.93. The fourth-order valence-corrected chi connectivity index (χ4v) is 3.05. The minimum atomic E-state index is -0.0510. The van der Waals surface area contributed by atoms with E-state index in [1.54, 1.807) is 13.2 Å². The van der Waals surface area contributed by atoms with Gasteiger partial charge in [-0.1, -0.05) is 23.7 Å². The van der Waals surface area contributed by atoms with Crippen molar-refractivity contribution in [3.05, 3.63) is 47.0 Å². The lowest BCUT2D eigenvalue weighted by molar-refractivity contribution is -0.125. The maximum absolute atomic E-state index is 12.5. The van der Waals surface area contributed by atoms with Gasteiger partial charge in [-0.2, -0.15) is 0 Å². The van der Waals surface area contributed by atoms with Crippen LogP contribution in [0.2, 0.25) is 5.02 Å². The maximum atomic E-state index is 12.5. The Morgan fingerprint density at radius 1 is 1.28 bits per heavy atom. The second-order valence-corrected chi connectivity index (χ2v) is 6.50. The number of methoxy groups -OCH3 is 1. The Hall–Kier alpha value is -2.34. The van der Waals surface area contributed by atoms with Gasteiger partial charge in [0.25, 0.3) is 0 Å². The predicted octanol–water partition coefficient (Wildman–Crippen LogP) is 2.67. The zero-order chi connectivity index (χ0) is 17.6. The molecule has 0 saturated carbocycles. The van der Waals surface area contributed by atoms with E-state index in [9.17, 15) is 4.79 Å². The van der Waals surface area contributed by atoms with Crippen molar-refractivity contribution < 1.29 is 9.53 Å². The number of halogens is 1. The van der Waals surface area contributed by atoms with Crippen LogP contribution in [0.15, 0.2) is 36.4 Å². The second-order valence-electron chi connectivity index (χ2n) is 6.06. The molecule has 1 amide bonds. The van der Waals surface area contributed by atoms with Crippen LogP contribution in [0.5, 0.6) is 5.88 Å². The summed E-state index contributed by atoms with van der Waals surface area (Å²) in [6, 6.07) is 11.2. The number of carbonyl (C=O) groups is 1. The summed E-state index contributed by atoms with van der Waals surface area (Å²) in [7, 11) is 1.56. The first-order chi connectivity index (χ1) is 12.2. The molecule has 0 aliphatic carbocycles. The van der Waals surface area contributed by atoms with Crippen LogP contribution < -0.4 is 15.0 Å². The molecule has 1 atom stereocenters. The zero-order valence-electron chi connectivity index (χ0n) is 14.1. The van der Waals surface area contributed by atoms with E-state index in [1.165, 1.54) is 0 Å². The third kappa shape index (κ3) is 4.60. The second kappa shape index (κ2) is 8.16. The molecule has 0 radical (unpaired) electrons. The Balaban J connectivity index is 1.56. The van der Waals surface area contributed by atoms with Gasteiger partial charge in [-0.05, 0) is 36.6 Å². The number of hydrogen-bond donors (Lipinski definition) is 1. The highest BCUT2D eigenvalue weighted by atomic mass is 35.5. The van der Waals surface area contributed by atoms with Crippen LogP contribution in [0.3, 0.4) is 0 Å². The summed E-state index contributed by atoms with van der Waals surface area (Å²) in [6.45, 7) is 2.03. The highest BCUT2D eigenvalue weighted by molar-refractivity contribution is 6.30. The van der Waals surface area contributed by atoms with Crippen molar-refractivity contribution in [2.45, 2.75) is 19.4 Å². The Morgan fingerprint density at radius 3 is 2.76 bits per heavy atom. The number of nitrogens with zero attached hydrogens (tertiary/aromatic N) is 3. The molecular weight excluding hydrogens is 340 g/mol. The van der Waals surface area contributed by atoms with Crippen molar-refractivity contribution in [2.75, 3.05) is 25.1 Å². The lowest BCUT2D eigenvalue weighted by Crippen LogP contribution is -2.43. The van der Waals surface area contributed by atoms with Crippen LogP contribution >= 0.6 is 11.6 Å². The van der Waals surface area contributed by atoms with Crippen LogP contribution in [-0.2, 0) is 11.3 Å². The van der Waals surface area contributed by atoms with Gasteiger partial charge in [0.2, 0.25) is 11.8 Å². The molecule has 0 bridgehead atoms. The van der Waals surface area contributed by atoms with E-state index in [2.05, 4.69) is 20.4 Å². The van der Waals surface area contributed by atoms with Crippen molar-refractivity contribution in [3.8, 4) is 5.88 Å². The van der Waals surface area contributed by atoms with Crippen LogP contribution in [-0.4, -0.2) is 36.3 Å². The van der Waals surface area contributed by atoms with Crippen LogP contribution in [0.1, 0.15) is 18.4 Å². The maximum Gasteiger partial charge on any atom is 0.233 e. The van der Waals surface area contributed by atoms with Crippen molar-refractivity contribution in [1.82, 2.24) is 15.5 Å². The number of nitrogens with one attached hydrogen (secondary N) is 1. The summed E-state index contributed by atoms with van der Waals surface area (Å²) in [5.41, 5.74) is 1.03. The highest BCUT2D eigenvalue weighted by Crippen LogP contribution is 2.22. The van der Waals surface area contributed by atoms with Gasteiger partial charge in [0.05, 0.1) is 13.0 Å². The molecule has 3 rings (SSSR count). The first kappa shape index (κ1) is 17.5.